The zero-order valence-electron chi connectivity index (χ0n) is 19.2. The van der Waals surface area contributed by atoms with Crippen LogP contribution in [0.1, 0.15) is 41.6 Å². The van der Waals surface area contributed by atoms with Crippen LogP contribution in [-0.4, -0.2) is 50.8 Å². The maximum Gasteiger partial charge on any atom is 0.253 e. The highest BCUT2D eigenvalue weighted by Crippen LogP contribution is 2.24. The summed E-state index contributed by atoms with van der Waals surface area (Å²) >= 11 is 0. The molecule has 33 heavy (non-hydrogen) atoms. The van der Waals surface area contributed by atoms with Gasteiger partial charge in [0.15, 0.2) is 0 Å². The number of hydrogen-bond donors (Lipinski definition) is 0. The zero-order chi connectivity index (χ0) is 23.4. The molecule has 0 bridgehead atoms. The number of carbonyl (C=O) groups is 1. The van der Waals surface area contributed by atoms with Crippen molar-refractivity contribution in [3.63, 3.8) is 0 Å². The molecular weight excluding hydrogens is 436 g/mol. The van der Waals surface area contributed by atoms with Crippen molar-refractivity contribution in [2.24, 2.45) is 0 Å². The van der Waals surface area contributed by atoms with Crippen LogP contribution in [0.3, 0.4) is 0 Å². The van der Waals surface area contributed by atoms with E-state index in [1.807, 2.05) is 30.3 Å². The van der Waals surface area contributed by atoms with E-state index >= 15 is 0 Å². The molecule has 6 nitrogen and oxygen atoms in total. The summed E-state index contributed by atoms with van der Waals surface area (Å²) in [4.78, 5) is 14.9. The smallest absolute Gasteiger partial charge is 0.253 e. The van der Waals surface area contributed by atoms with Crippen molar-refractivity contribution in [2.45, 2.75) is 37.1 Å². The molecule has 0 aliphatic carbocycles. The first-order valence-electron chi connectivity index (χ1n) is 11.3. The first-order chi connectivity index (χ1) is 15.9. The second-order valence-corrected chi connectivity index (χ2v) is 10.5. The van der Waals surface area contributed by atoms with Gasteiger partial charge in [0.25, 0.3) is 5.91 Å². The molecule has 4 rings (SSSR count). The quantitative estimate of drug-likeness (QED) is 0.529. The molecule has 0 aromatic heterocycles. The molecule has 1 aliphatic rings. The lowest BCUT2D eigenvalue weighted by Crippen LogP contribution is -2.32. The van der Waals surface area contributed by atoms with Crippen molar-refractivity contribution in [3.8, 4) is 5.75 Å². The van der Waals surface area contributed by atoms with E-state index in [1.165, 1.54) is 6.07 Å². The normalized spacial score (nSPS) is 15.2. The average molecular weight is 467 g/mol. The van der Waals surface area contributed by atoms with Gasteiger partial charge in [-0.25, -0.2) is 8.42 Å². The van der Waals surface area contributed by atoms with Gasteiger partial charge in [-0.15, -0.1) is 0 Å². The maximum atomic E-state index is 13.1. The summed E-state index contributed by atoms with van der Waals surface area (Å²) in [7, 11) is -0.228. The van der Waals surface area contributed by atoms with Crippen molar-refractivity contribution in [1.82, 2.24) is 9.21 Å². The molecule has 0 N–H and O–H groups in total. The highest BCUT2D eigenvalue weighted by atomic mass is 32.2. The summed E-state index contributed by atoms with van der Waals surface area (Å²) in [5.41, 5.74) is 1.37. The van der Waals surface area contributed by atoms with E-state index in [0.717, 1.165) is 47.8 Å². The predicted octanol–water partition coefficient (Wildman–Crippen LogP) is 4.69. The van der Waals surface area contributed by atoms with Gasteiger partial charge in [0.2, 0.25) is 10.0 Å². The number of hydrogen-bond acceptors (Lipinski definition) is 4. The zero-order valence-corrected chi connectivity index (χ0v) is 20.0. The Balaban J connectivity index is 1.51. The predicted molar refractivity (Wildman–Crippen MR) is 130 cm³/mol. The second kappa shape index (κ2) is 9.93. The van der Waals surface area contributed by atoms with Crippen molar-refractivity contribution in [3.05, 3.63) is 71.8 Å². The van der Waals surface area contributed by atoms with Crippen LogP contribution in [0.4, 0.5) is 0 Å². The largest absolute Gasteiger partial charge is 0.497 e. The Morgan fingerprint density at radius 1 is 0.939 bits per heavy atom. The Bertz CT molecular complexity index is 1250. The Hall–Kier alpha value is -2.90. The number of fused-ring (bicyclic) bond motifs is 1. The highest BCUT2D eigenvalue weighted by Gasteiger charge is 2.26. The summed E-state index contributed by atoms with van der Waals surface area (Å²) in [6, 6.07) is 18.4. The van der Waals surface area contributed by atoms with Gasteiger partial charge >= 0.3 is 0 Å². The summed E-state index contributed by atoms with van der Waals surface area (Å²) in [5.74, 6) is 0.593. The summed E-state index contributed by atoms with van der Waals surface area (Å²) in [5, 5.41) is 2.14. The number of methoxy groups -OCH3 is 1. The van der Waals surface area contributed by atoms with E-state index in [4.69, 9.17) is 4.74 Å². The molecule has 0 radical (unpaired) electrons. The molecule has 174 valence electrons. The Labute approximate surface area is 195 Å². The van der Waals surface area contributed by atoms with E-state index in [9.17, 15) is 13.2 Å². The van der Waals surface area contributed by atoms with Crippen LogP contribution in [-0.2, 0) is 16.6 Å². The van der Waals surface area contributed by atoms with Crippen LogP contribution in [0.25, 0.3) is 10.8 Å². The Morgan fingerprint density at radius 3 is 2.36 bits per heavy atom. The molecule has 1 fully saturated rings. The number of rotatable bonds is 6. The number of ether oxygens (including phenoxy) is 1. The molecule has 1 aliphatic heterocycles. The molecule has 3 aromatic carbocycles. The van der Waals surface area contributed by atoms with Crippen molar-refractivity contribution < 1.29 is 17.9 Å². The fourth-order valence-corrected chi connectivity index (χ4v) is 5.85. The minimum atomic E-state index is -3.60. The van der Waals surface area contributed by atoms with Crippen LogP contribution in [0.15, 0.2) is 65.6 Å². The molecule has 1 amide bonds. The van der Waals surface area contributed by atoms with Crippen molar-refractivity contribution >= 4 is 26.7 Å². The third-order valence-electron chi connectivity index (χ3n) is 6.16. The number of benzene rings is 3. The lowest BCUT2D eigenvalue weighted by Gasteiger charge is -2.21. The summed E-state index contributed by atoms with van der Waals surface area (Å²) < 4.78 is 33.1. The monoisotopic (exact) mass is 466 g/mol. The first kappa shape index (κ1) is 23.3. The Morgan fingerprint density at radius 2 is 1.64 bits per heavy atom. The highest BCUT2D eigenvalue weighted by molar-refractivity contribution is 7.89. The summed E-state index contributed by atoms with van der Waals surface area (Å²) in [6.07, 6.45) is 3.85. The minimum Gasteiger partial charge on any atom is -0.497 e. The number of nitrogens with zero attached hydrogens (tertiary/aromatic N) is 2. The Kier molecular flexibility index (Phi) is 7.00. The second-order valence-electron chi connectivity index (χ2n) is 8.55. The number of amides is 1. The van der Waals surface area contributed by atoms with Gasteiger partial charge in [0, 0.05) is 32.2 Å². The van der Waals surface area contributed by atoms with Crippen molar-refractivity contribution in [2.75, 3.05) is 27.2 Å². The molecule has 0 spiro atoms. The molecule has 0 atom stereocenters. The van der Waals surface area contributed by atoms with E-state index < -0.39 is 10.0 Å². The van der Waals surface area contributed by atoms with Crippen LogP contribution < -0.4 is 4.74 Å². The van der Waals surface area contributed by atoms with E-state index in [-0.39, 0.29) is 10.8 Å². The third-order valence-corrected chi connectivity index (χ3v) is 8.06. The van der Waals surface area contributed by atoms with E-state index in [2.05, 4.69) is 6.07 Å². The topological polar surface area (TPSA) is 66.9 Å². The van der Waals surface area contributed by atoms with Gasteiger partial charge in [-0.2, -0.15) is 4.31 Å². The standard InChI is InChI=1S/C26H30N2O4S/c1-27(19-20-10-11-22-17-24(32-2)13-12-21(22)16-20)26(29)23-8-7-9-25(18-23)33(30,31)28-14-5-3-4-6-15-28/h7-13,16-18H,3-6,14-15,19H2,1-2H3. The van der Waals surface area contributed by atoms with Crippen LogP contribution in [0, 0.1) is 0 Å². The van der Waals surface area contributed by atoms with Crippen molar-refractivity contribution in [1.29, 1.82) is 0 Å². The molecule has 1 heterocycles. The molecule has 0 saturated carbocycles. The van der Waals surface area contributed by atoms with Crippen LogP contribution in [0.2, 0.25) is 0 Å². The average Bonchev–Trinajstić information content (AvgIpc) is 3.13. The van der Waals surface area contributed by atoms with Crippen LogP contribution >= 0.6 is 0 Å². The molecular formula is C26H30N2O4S. The first-order valence-corrected chi connectivity index (χ1v) is 12.7. The van der Waals surface area contributed by atoms with E-state index in [1.54, 1.807) is 41.6 Å². The van der Waals surface area contributed by atoms with E-state index in [0.29, 0.717) is 25.2 Å². The van der Waals surface area contributed by atoms with Gasteiger partial charge < -0.3 is 9.64 Å². The summed E-state index contributed by atoms with van der Waals surface area (Å²) in [6.45, 7) is 1.49. The lowest BCUT2D eigenvalue weighted by molar-refractivity contribution is 0.0785. The minimum absolute atomic E-state index is 0.184. The van der Waals surface area contributed by atoms with Crippen LogP contribution in [0.5, 0.6) is 5.75 Å². The fourth-order valence-electron chi connectivity index (χ4n) is 4.29. The van der Waals surface area contributed by atoms with Gasteiger partial charge in [-0.05, 0) is 65.6 Å². The van der Waals surface area contributed by atoms with Gasteiger partial charge in [-0.3, -0.25) is 4.79 Å². The third kappa shape index (κ3) is 5.20. The van der Waals surface area contributed by atoms with Gasteiger partial charge in [0.1, 0.15) is 5.75 Å². The number of sulfonamides is 1. The molecule has 3 aromatic rings. The molecule has 0 unspecified atom stereocenters. The van der Waals surface area contributed by atoms with Gasteiger partial charge in [-0.1, -0.05) is 37.1 Å². The number of carbonyl (C=O) groups excluding carboxylic acids is 1. The SMILES string of the molecule is COc1ccc2cc(CN(C)C(=O)c3cccc(S(=O)(=O)N4CCCCCC4)c3)ccc2c1. The van der Waals surface area contributed by atoms with Gasteiger partial charge in [0.05, 0.1) is 12.0 Å². The lowest BCUT2D eigenvalue weighted by atomic mass is 10.1. The fraction of sp³-hybridized carbons (Fsp3) is 0.346. The molecule has 1 saturated heterocycles. The maximum absolute atomic E-state index is 13.1. The molecule has 7 heteroatoms.